The van der Waals surface area contributed by atoms with Crippen LogP contribution in [0, 0.1) is 6.92 Å². The van der Waals surface area contributed by atoms with Gasteiger partial charge < -0.3 is 4.90 Å². The minimum atomic E-state index is 0.898. The summed E-state index contributed by atoms with van der Waals surface area (Å²) in [5.74, 6) is 0. The summed E-state index contributed by atoms with van der Waals surface area (Å²) < 4.78 is 3.78. The van der Waals surface area contributed by atoms with Crippen molar-refractivity contribution in [2.24, 2.45) is 0 Å². The molecule has 0 amide bonds. The second kappa shape index (κ2) is 8.71. The molecule has 162 valence electrons. The number of fused-ring (bicyclic) bond motifs is 1. The Bertz CT molecular complexity index is 1420. The molecule has 5 heteroatoms. The van der Waals surface area contributed by atoms with Crippen molar-refractivity contribution in [3.8, 4) is 22.5 Å². The van der Waals surface area contributed by atoms with Crippen LogP contribution in [0.1, 0.15) is 17.0 Å². The third-order valence-corrected chi connectivity index (χ3v) is 5.59. The first-order chi connectivity index (χ1) is 16.1. The minimum absolute atomic E-state index is 0.898. The molecule has 0 radical (unpaired) electrons. The average Bonchev–Trinajstić information content (AvgIpc) is 3.23. The second-order valence-electron chi connectivity index (χ2n) is 8.24. The lowest BCUT2D eigenvalue weighted by Crippen LogP contribution is -2.37. The van der Waals surface area contributed by atoms with Crippen LogP contribution in [0.4, 0.5) is 5.69 Å². The standard InChI is InChI=1S/C28H26N5/c1-21-20-26(19-16-22-14-17-25(18-15-22)31(2)3)32-30-27(23-10-6-4-7-11-23)28(33(32)29-21)24-12-8-5-9-13-24/h4-20H,1-3H3/q+1/b19-16+. The SMILES string of the molecule is Cc1cc(/C=C/c2ccc(N(C)C)cc2)n2nc(-c3ccccc3)c(-c3ccccc3)[n+]2n1. The fourth-order valence-electron chi connectivity index (χ4n) is 3.90. The molecule has 5 rings (SSSR count). The highest BCUT2D eigenvalue weighted by atomic mass is 15.6. The van der Waals surface area contributed by atoms with E-state index in [2.05, 4.69) is 71.6 Å². The number of aryl methyl sites for hydroxylation is 1. The molecule has 0 aliphatic rings. The summed E-state index contributed by atoms with van der Waals surface area (Å²) in [4.78, 5) is 2.10. The molecule has 2 aromatic heterocycles. The van der Waals surface area contributed by atoms with E-state index in [9.17, 15) is 0 Å². The predicted octanol–water partition coefficient (Wildman–Crippen LogP) is 5.19. The minimum Gasteiger partial charge on any atom is -0.378 e. The van der Waals surface area contributed by atoms with E-state index in [0.29, 0.717) is 0 Å². The Hall–Kier alpha value is -4.25. The average molecular weight is 433 g/mol. The maximum atomic E-state index is 5.01. The van der Waals surface area contributed by atoms with E-state index in [1.807, 2.05) is 66.7 Å². The zero-order valence-corrected chi connectivity index (χ0v) is 19.1. The molecule has 3 aromatic carbocycles. The molecule has 5 aromatic rings. The van der Waals surface area contributed by atoms with Gasteiger partial charge in [0, 0.05) is 35.5 Å². The number of hydrogen-bond donors (Lipinski definition) is 0. The first-order valence-corrected chi connectivity index (χ1v) is 11.0. The van der Waals surface area contributed by atoms with Crippen molar-refractivity contribution < 1.29 is 4.63 Å². The van der Waals surface area contributed by atoms with Gasteiger partial charge in [0.25, 0.3) is 5.69 Å². The van der Waals surface area contributed by atoms with Crippen molar-refractivity contribution in [3.63, 3.8) is 0 Å². The van der Waals surface area contributed by atoms with Gasteiger partial charge >= 0.3 is 0 Å². The van der Waals surface area contributed by atoms with Crippen LogP contribution in [-0.2, 0) is 0 Å². The Kier molecular flexibility index (Phi) is 5.45. The highest BCUT2D eigenvalue weighted by Crippen LogP contribution is 2.27. The van der Waals surface area contributed by atoms with Crippen LogP contribution < -0.4 is 9.53 Å². The van der Waals surface area contributed by atoms with Gasteiger partial charge in [0.2, 0.25) is 5.69 Å². The summed E-state index contributed by atoms with van der Waals surface area (Å²) in [6, 6.07) is 31.1. The summed E-state index contributed by atoms with van der Waals surface area (Å²) >= 11 is 0. The Morgan fingerprint density at radius 3 is 2.06 bits per heavy atom. The van der Waals surface area contributed by atoms with E-state index in [0.717, 1.165) is 39.5 Å². The van der Waals surface area contributed by atoms with Gasteiger partial charge in [0.05, 0.1) is 10.8 Å². The molecule has 2 heterocycles. The first-order valence-electron chi connectivity index (χ1n) is 11.0. The van der Waals surface area contributed by atoms with Crippen molar-refractivity contribution in [2.75, 3.05) is 19.0 Å². The second-order valence-corrected chi connectivity index (χ2v) is 8.24. The highest BCUT2D eigenvalue weighted by molar-refractivity contribution is 5.76. The number of nitrogens with zero attached hydrogens (tertiary/aromatic N) is 5. The highest BCUT2D eigenvalue weighted by Gasteiger charge is 2.27. The van der Waals surface area contributed by atoms with Crippen molar-refractivity contribution >= 4 is 17.8 Å². The van der Waals surface area contributed by atoms with Gasteiger partial charge in [-0.3, -0.25) is 0 Å². The smallest absolute Gasteiger partial charge is 0.260 e. The quantitative estimate of drug-likeness (QED) is 0.359. The van der Waals surface area contributed by atoms with Crippen LogP contribution in [0.2, 0.25) is 0 Å². The summed E-state index contributed by atoms with van der Waals surface area (Å²) in [6.07, 6.45) is 4.20. The van der Waals surface area contributed by atoms with Gasteiger partial charge in [-0.25, -0.2) is 0 Å². The lowest BCUT2D eigenvalue weighted by Gasteiger charge is -2.11. The molecule has 0 fully saturated rings. The molecule has 33 heavy (non-hydrogen) atoms. The molecule has 0 saturated carbocycles. The van der Waals surface area contributed by atoms with Crippen LogP contribution in [-0.4, -0.2) is 28.9 Å². The van der Waals surface area contributed by atoms with Gasteiger partial charge in [0.15, 0.2) is 0 Å². The van der Waals surface area contributed by atoms with Gasteiger partial charge in [-0.2, -0.15) is 0 Å². The van der Waals surface area contributed by atoms with Crippen molar-refractivity contribution in [1.82, 2.24) is 14.8 Å². The topological polar surface area (TPSA) is 37.5 Å². The summed E-state index contributed by atoms with van der Waals surface area (Å²) in [6.45, 7) is 2.01. The van der Waals surface area contributed by atoms with E-state index in [1.165, 1.54) is 5.69 Å². The fourth-order valence-corrected chi connectivity index (χ4v) is 3.90. The number of hydrogen-bond acceptors (Lipinski definition) is 3. The molecule has 0 unspecified atom stereocenters. The summed E-state index contributed by atoms with van der Waals surface area (Å²) in [5.41, 5.74) is 8.18. The number of rotatable bonds is 5. The first kappa shape index (κ1) is 20.6. The number of benzene rings is 3. The van der Waals surface area contributed by atoms with Gasteiger partial charge in [0.1, 0.15) is 5.69 Å². The molecular weight excluding hydrogens is 406 g/mol. The Morgan fingerprint density at radius 2 is 1.42 bits per heavy atom. The summed E-state index contributed by atoms with van der Waals surface area (Å²) in [5, 5.41) is 9.83. The van der Waals surface area contributed by atoms with E-state index < -0.39 is 0 Å². The number of anilines is 1. The van der Waals surface area contributed by atoms with Crippen molar-refractivity contribution in [2.45, 2.75) is 6.92 Å². The lowest BCUT2D eigenvalue weighted by molar-refractivity contribution is -0.673. The molecule has 0 N–H and O–H groups in total. The monoisotopic (exact) mass is 432 g/mol. The van der Waals surface area contributed by atoms with Crippen LogP contribution in [0.25, 0.3) is 34.7 Å². The molecule has 0 aliphatic carbocycles. The maximum absolute atomic E-state index is 5.01. The van der Waals surface area contributed by atoms with Crippen LogP contribution >= 0.6 is 0 Å². The van der Waals surface area contributed by atoms with Crippen LogP contribution in [0.15, 0.2) is 91.0 Å². The predicted molar refractivity (Wildman–Crippen MR) is 134 cm³/mol. The third kappa shape index (κ3) is 4.13. The molecule has 0 bridgehead atoms. The zero-order chi connectivity index (χ0) is 22.8. The van der Waals surface area contributed by atoms with E-state index in [-0.39, 0.29) is 0 Å². The molecule has 0 atom stereocenters. The van der Waals surface area contributed by atoms with Gasteiger partial charge in [-0.1, -0.05) is 84.0 Å². The van der Waals surface area contributed by atoms with Gasteiger partial charge in [-0.05, 0) is 41.4 Å². The molecule has 0 aliphatic heterocycles. The van der Waals surface area contributed by atoms with E-state index in [4.69, 9.17) is 10.2 Å². The molecule has 0 saturated heterocycles. The zero-order valence-electron chi connectivity index (χ0n) is 19.1. The van der Waals surface area contributed by atoms with Crippen molar-refractivity contribution in [3.05, 3.63) is 108 Å². The van der Waals surface area contributed by atoms with Gasteiger partial charge in [-0.15, -0.1) is 0 Å². The normalized spacial score (nSPS) is 11.4. The molecule has 5 nitrogen and oxygen atoms in total. The maximum Gasteiger partial charge on any atom is 0.260 e. The fraction of sp³-hybridized carbons (Fsp3) is 0.107. The number of aromatic nitrogens is 4. The Balaban J connectivity index is 1.67. The Morgan fingerprint density at radius 1 is 0.788 bits per heavy atom. The van der Waals surface area contributed by atoms with E-state index in [1.54, 1.807) is 0 Å². The molecule has 0 spiro atoms. The van der Waals surface area contributed by atoms with Crippen LogP contribution in [0.5, 0.6) is 0 Å². The van der Waals surface area contributed by atoms with E-state index >= 15 is 0 Å². The van der Waals surface area contributed by atoms with Crippen LogP contribution in [0.3, 0.4) is 0 Å². The molecular formula is C28H26N5+. The third-order valence-electron chi connectivity index (χ3n) is 5.59. The summed E-state index contributed by atoms with van der Waals surface area (Å²) in [7, 11) is 4.09. The Labute approximate surface area is 193 Å². The largest absolute Gasteiger partial charge is 0.378 e. The van der Waals surface area contributed by atoms with Crippen molar-refractivity contribution in [1.29, 1.82) is 0 Å². The lowest BCUT2D eigenvalue weighted by atomic mass is 10.1.